The lowest BCUT2D eigenvalue weighted by Gasteiger charge is -2.15. The van der Waals surface area contributed by atoms with Crippen molar-refractivity contribution in [2.45, 2.75) is 26.3 Å². The Kier molecular flexibility index (Phi) is 12.5. The second kappa shape index (κ2) is 12.1. The topological polar surface area (TPSA) is 87.5 Å². The first-order valence-corrected chi connectivity index (χ1v) is 7.40. The Hall–Kier alpha value is -1.34. The molecule has 1 aromatic carbocycles. The van der Waals surface area contributed by atoms with Crippen molar-refractivity contribution in [3.05, 3.63) is 24.3 Å². The van der Waals surface area contributed by atoms with Crippen molar-refractivity contribution < 1.29 is 9.59 Å². The molecule has 0 spiro atoms. The minimum atomic E-state index is -0.537. The SMILES string of the molecule is CC(C)[C@H](N)C(=O)Nc1ccc(NC(=O)CCN(C)C)cc1.Cl.Cl. The van der Waals surface area contributed by atoms with E-state index in [1.165, 1.54) is 0 Å². The Morgan fingerprint density at radius 1 is 1.04 bits per heavy atom. The molecule has 0 saturated carbocycles. The number of carbonyl (C=O) groups is 2. The predicted octanol–water partition coefficient (Wildman–Crippen LogP) is 2.34. The Balaban J connectivity index is 0. The Bertz CT molecular complexity index is 507. The number of hydrogen-bond donors (Lipinski definition) is 3. The number of benzene rings is 1. The molecule has 8 heteroatoms. The van der Waals surface area contributed by atoms with Gasteiger partial charge in [0.2, 0.25) is 11.8 Å². The predicted molar refractivity (Wildman–Crippen MR) is 104 cm³/mol. The highest BCUT2D eigenvalue weighted by Crippen LogP contribution is 2.14. The van der Waals surface area contributed by atoms with Gasteiger partial charge in [-0.2, -0.15) is 0 Å². The molecule has 1 rings (SSSR count). The summed E-state index contributed by atoms with van der Waals surface area (Å²) < 4.78 is 0. The number of halogens is 2. The van der Waals surface area contributed by atoms with Crippen LogP contribution in [-0.4, -0.2) is 43.4 Å². The molecule has 0 heterocycles. The molecule has 0 fully saturated rings. The zero-order valence-electron chi connectivity index (χ0n) is 14.5. The zero-order chi connectivity index (χ0) is 16.7. The van der Waals surface area contributed by atoms with Crippen molar-refractivity contribution in [3.8, 4) is 0 Å². The standard InChI is InChI=1S/C16H26N4O2.2ClH/c1-11(2)15(17)16(22)19-13-7-5-12(6-8-13)18-14(21)9-10-20(3)4;;/h5-8,11,15H,9-10,17H2,1-4H3,(H,18,21)(H,19,22);2*1H/t15-;;/m0../s1. The molecule has 138 valence electrons. The van der Waals surface area contributed by atoms with Gasteiger partial charge in [0.25, 0.3) is 0 Å². The second-order valence-corrected chi connectivity index (χ2v) is 5.94. The molecule has 0 unspecified atom stereocenters. The lowest BCUT2D eigenvalue weighted by atomic mass is 10.0. The Morgan fingerprint density at radius 2 is 1.50 bits per heavy atom. The summed E-state index contributed by atoms with van der Waals surface area (Å²) in [4.78, 5) is 25.5. The number of rotatable bonds is 7. The molecule has 24 heavy (non-hydrogen) atoms. The van der Waals surface area contributed by atoms with Gasteiger partial charge < -0.3 is 21.3 Å². The normalized spacial score (nSPS) is 11.3. The van der Waals surface area contributed by atoms with E-state index in [0.717, 1.165) is 0 Å². The van der Waals surface area contributed by atoms with Gasteiger partial charge in [-0.3, -0.25) is 9.59 Å². The van der Waals surface area contributed by atoms with Gasteiger partial charge in [0.15, 0.2) is 0 Å². The molecular weight excluding hydrogens is 351 g/mol. The van der Waals surface area contributed by atoms with Crippen molar-refractivity contribution in [2.75, 3.05) is 31.3 Å². The third kappa shape index (κ3) is 9.08. The van der Waals surface area contributed by atoms with Crippen LogP contribution in [0.4, 0.5) is 11.4 Å². The first kappa shape index (κ1) is 24.9. The van der Waals surface area contributed by atoms with Crippen molar-refractivity contribution in [3.63, 3.8) is 0 Å². The summed E-state index contributed by atoms with van der Waals surface area (Å²) >= 11 is 0. The molecule has 0 saturated heterocycles. The minimum Gasteiger partial charge on any atom is -0.326 e. The van der Waals surface area contributed by atoms with Crippen LogP contribution in [0.1, 0.15) is 20.3 Å². The van der Waals surface area contributed by atoms with E-state index in [-0.39, 0.29) is 42.5 Å². The van der Waals surface area contributed by atoms with Crippen molar-refractivity contribution >= 4 is 48.0 Å². The number of nitrogens with zero attached hydrogens (tertiary/aromatic N) is 1. The number of anilines is 2. The highest BCUT2D eigenvalue weighted by atomic mass is 35.5. The van der Waals surface area contributed by atoms with E-state index in [1.807, 2.05) is 32.8 Å². The lowest BCUT2D eigenvalue weighted by Crippen LogP contribution is -2.39. The molecular formula is C16H28Cl2N4O2. The van der Waals surface area contributed by atoms with Crippen LogP contribution in [0.2, 0.25) is 0 Å². The second-order valence-electron chi connectivity index (χ2n) is 5.94. The van der Waals surface area contributed by atoms with Crippen molar-refractivity contribution in [1.29, 1.82) is 0 Å². The molecule has 0 bridgehead atoms. The third-order valence-electron chi connectivity index (χ3n) is 3.24. The highest BCUT2D eigenvalue weighted by molar-refractivity contribution is 5.95. The fourth-order valence-corrected chi connectivity index (χ4v) is 1.71. The molecule has 0 radical (unpaired) electrons. The van der Waals surface area contributed by atoms with Crippen LogP contribution in [0.15, 0.2) is 24.3 Å². The molecule has 4 N–H and O–H groups in total. The van der Waals surface area contributed by atoms with Crippen LogP contribution in [0.25, 0.3) is 0 Å². The first-order valence-electron chi connectivity index (χ1n) is 7.40. The quantitative estimate of drug-likeness (QED) is 0.679. The zero-order valence-corrected chi connectivity index (χ0v) is 16.2. The van der Waals surface area contributed by atoms with Gasteiger partial charge in [-0.1, -0.05) is 13.8 Å². The summed E-state index contributed by atoms with van der Waals surface area (Å²) in [6.45, 7) is 4.50. The largest absolute Gasteiger partial charge is 0.326 e. The van der Waals surface area contributed by atoms with E-state index in [4.69, 9.17) is 5.73 Å². The maximum atomic E-state index is 11.9. The number of carbonyl (C=O) groups excluding carboxylic acids is 2. The average Bonchev–Trinajstić information content (AvgIpc) is 2.46. The van der Waals surface area contributed by atoms with Gasteiger partial charge in [-0.05, 0) is 44.3 Å². The van der Waals surface area contributed by atoms with Crippen molar-refractivity contribution in [2.24, 2.45) is 11.7 Å². The average molecular weight is 379 g/mol. The first-order chi connectivity index (χ1) is 10.3. The molecule has 0 aromatic heterocycles. The van der Waals surface area contributed by atoms with Crippen LogP contribution in [0.3, 0.4) is 0 Å². The molecule has 1 atom stereocenters. The fourth-order valence-electron chi connectivity index (χ4n) is 1.71. The molecule has 6 nitrogen and oxygen atoms in total. The van der Waals surface area contributed by atoms with Crippen LogP contribution < -0.4 is 16.4 Å². The van der Waals surface area contributed by atoms with E-state index in [1.54, 1.807) is 24.3 Å². The van der Waals surface area contributed by atoms with Gasteiger partial charge >= 0.3 is 0 Å². The van der Waals surface area contributed by atoms with Crippen LogP contribution in [0, 0.1) is 5.92 Å². The van der Waals surface area contributed by atoms with Gasteiger partial charge in [0.05, 0.1) is 6.04 Å². The van der Waals surface area contributed by atoms with Crippen molar-refractivity contribution in [1.82, 2.24) is 4.90 Å². The van der Waals surface area contributed by atoms with E-state index in [2.05, 4.69) is 10.6 Å². The monoisotopic (exact) mass is 378 g/mol. The van der Waals surface area contributed by atoms with Gasteiger partial charge in [0.1, 0.15) is 0 Å². The van der Waals surface area contributed by atoms with Gasteiger partial charge in [-0.15, -0.1) is 24.8 Å². The third-order valence-corrected chi connectivity index (χ3v) is 3.24. The van der Waals surface area contributed by atoms with Gasteiger partial charge in [-0.25, -0.2) is 0 Å². The van der Waals surface area contributed by atoms with E-state index < -0.39 is 6.04 Å². The Morgan fingerprint density at radius 3 is 1.92 bits per heavy atom. The summed E-state index contributed by atoms with van der Waals surface area (Å²) in [5.74, 6) is -0.166. The lowest BCUT2D eigenvalue weighted by molar-refractivity contribution is -0.118. The summed E-state index contributed by atoms with van der Waals surface area (Å²) in [6, 6.07) is 6.46. The number of nitrogens with one attached hydrogen (secondary N) is 2. The minimum absolute atomic E-state index is 0. The summed E-state index contributed by atoms with van der Waals surface area (Å²) in [6.07, 6.45) is 0.439. The number of amides is 2. The number of nitrogens with two attached hydrogens (primary N) is 1. The maximum Gasteiger partial charge on any atom is 0.241 e. The Labute approximate surface area is 156 Å². The molecule has 1 aromatic rings. The summed E-state index contributed by atoms with van der Waals surface area (Å²) in [5, 5.41) is 5.58. The molecule has 0 aliphatic rings. The molecule has 0 aliphatic carbocycles. The van der Waals surface area contributed by atoms with Crippen LogP contribution in [0.5, 0.6) is 0 Å². The molecule has 0 aliphatic heterocycles. The summed E-state index contributed by atoms with van der Waals surface area (Å²) in [5.41, 5.74) is 7.15. The van der Waals surface area contributed by atoms with E-state index in [9.17, 15) is 9.59 Å². The van der Waals surface area contributed by atoms with Crippen LogP contribution in [-0.2, 0) is 9.59 Å². The van der Waals surface area contributed by atoms with E-state index in [0.29, 0.717) is 24.3 Å². The fraction of sp³-hybridized carbons (Fsp3) is 0.500. The maximum absolute atomic E-state index is 11.9. The number of hydrogen-bond acceptors (Lipinski definition) is 4. The highest BCUT2D eigenvalue weighted by Gasteiger charge is 2.17. The van der Waals surface area contributed by atoms with Crippen LogP contribution >= 0.6 is 24.8 Å². The molecule has 2 amide bonds. The van der Waals surface area contributed by atoms with E-state index >= 15 is 0 Å². The summed E-state index contributed by atoms with van der Waals surface area (Å²) in [7, 11) is 3.85. The smallest absolute Gasteiger partial charge is 0.241 e. The van der Waals surface area contributed by atoms with Gasteiger partial charge in [0, 0.05) is 24.3 Å².